The van der Waals surface area contributed by atoms with E-state index in [1.165, 1.54) is 11.3 Å². The zero-order chi connectivity index (χ0) is 22.2. The highest BCUT2D eigenvalue weighted by Crippen LogP contribution is 2.34. The lowest BCUT2D eigenvalue weighted by Gasteiger charge is -2.35. The number of fused-ring (bicyclic) bond motifs is 2. The first-order chi connectivity index (χ1) is 15.5. The van der Waals surface area contributed by atoms with Gasteiger partial charge in [0.25, 0.3) is 11.8 Å². The Kier molecular flexibility index (Phi) is 5.43. The lowest BCUT2D eigenvalue weighted by Crippen LogP contribution is -2.45. The Bertz CT molecular complexity index is 1320. The van der Waals surface area contributed by atoms with Crippen LogP contribution in [0.4, 0.5) is 0 Å². The fourth-order valence-electron chi connectivity index (χ4n) is 4.65. The summed E-state index contributed by atoms with van der Waals surface area (Å²) in [6.45, 7) is 2.74. The molecule has 3 aromatic heterocycles. The number of aromatic nitrogens is 2. The molecule has 0 bridgehead atoms. The summed E-state index contributed by atoms with van der Waals surface area (Å²) in [4.78, 5) is 33.4. The minimum absolute atomic E-state index is 0.0305. The number of benzene rings is 1. The van der Waals surface area contributed by atoms with Crippen molar-refractivity contribution in [1.82, 2.24) is 19.6 Å². The van der Waals surface area contributed by atoms with Crippen molar-refractivity contribution in [3.63, 3.8) is 0 Å². The van der Waals surface area contributed by atoms with Crippen LogP contribution in [0.2, 0.25) is 0 Å². The van der Waals surface area contributed by atoms with Crippen molar-refractivity contribution < 1.29 is 9.59 Å². The molecule has 1 atom stereocenters. The second-order valence-electron chi connectivity index (χ2n) is 8.43. The molecule has 4 aromatic rings. The second-order valence-corrected chi connectivity index (χ2v) is 9.49. The lowest BCUT2D eigenvalue weighted by molar-refractivity contribution is 0.0608. The Morgan fingerprint density at radius 1 is 1.22 bits per heavy atom. The molecule has 32 heavy (non-hydrogen) atoms. The van der Waals surface area contributed by atoms with Gasteiger partial charge in [-0.1, -0.05) is 18.2 Å². The third-order valence-electron chi connectivity index (χ3n) is 6.29. The van der Waals surface area contributed by atoms with Gasteiger partial charge in [0.2, 0.25) is 0 Å². The molecule has 1 fully saturated rings. The minimum atomic E-state index is -0.0643. The van der Waals surface area contributed by atoms with Crippen molar-refractivity contribution >= 4 is 38.9 Å². The molecule has 2 amide bonds. The van der Waals surface area contributed by atoms with Crippen LogP contribution < -0.4 is 5.32 Å². The fourth-order valence-corrected chi connectivity index (χ4v) is 5.83. The third kappa shape index (κ3) is 3.66. The number of amides is 2. The standard InChI is InChI=1S/C25H26N4O2S/c1-16-10-12-28-15-20(27-22(28)13-16)25(31)29-11-6-5-7-17(29)14-19-18-8-3-4-9-21(18)32-23(19)24(30)26-2/h3-4,8-10,12-13,15,17H,5-7,11,14H2,1-2H3,(H,26,30)/t17-/m0/s1. The van der Waals surface area contributed by atoms with Gasteiger partial charge in [-0.05, 0) is 67.3 Å². The van der Waals surface area contributed by atoms with Gasteiger partial charge in [-0.3, -0.25) is 9.59 Å². The van der Waals surface area contributed by atoms with E-state index in [1.807, 2.05) is 52.9 Å². The van der Waals surface area contributed by atoms with Gasteiger partial charge < -0.3 is 14.6 Å². The first-order valence-electron chi connectivity index (χ1n) is 11.0. The first kappa shape index (κ1) is 20.7. The molecular formula is C25H26N4O2S. The molecule has 1 aromatic carbocycles. The number of thiophene rings is 1. The highest BCUT2D eigenvalue weighted by molar-refractivity contribution is 7.21. The van der Waals surface area contributed by atoms with Crippen LogP contribution in [-0.4, -0.2) is 45.7 Å². The van der Waals surface area contributed by atoms with Crippen LogP contribution in [0, 0.1) is 6.92 Å². The van der Waals surface area contributed by atoms with Crippen molar-refractivity contribution in [3.8, 4) is 0 Å². The monoisotopic (exact) mass is 446 g/mol. The van der Waals surface area contributed by atoms with Gasteiger partial charge in [-0.15, -0.1) is 11.3 Å². The molecule has 7 heteroatoms. The number of hydrogen-bond donors (Lipinski definition) is 1. The number of hydrogen-bond acceptors (Lipinski definition) is 4. The summed E-state index contributed by atoms with van der Waals surface area (Å²) in [5, 5.41) is 3.89. The van der Waals surface area contributed by atoms with E-state index in [0.717, 1.165) is 51.0 Å². The van der Waals surface area contributed by atoms with E-state index in [1.54, 1.807) is 7.05 Å². The van der Waals surface area contributed by atoms with Gasteiger partial charge in [0.05, 0.1) is 4.88 Å². The van der Waals surface area contributed by atoms with Gasteiger partial charge in [-0.25, -0.2) is 4.98 Å². The molecule has 0 aliphatic carbocycles. The predicted molar refractivity (Wildman–Crippen MR) is 128 cm³/mol. The molecule has 1 saturated heterocycles. The van der Waals surface area contributed by atoms with Crippen LogP contribution in [0.1, 0.15) is 50.5 Å². The van der Waals surface area contributed by atoms with Crippen LogP contribution in [0.15, 0.2) is 48.8 Å². The molecule has 0 saturated carbocycles. The van der Waals surface area contributed by atoms with E-state index in [2.05, 4.69) is 22.4 Å². The van der Waals surface area contributed by atoms with E-state index in [4.69, 9.17) is 0 Å². The van der Waals surface area contributed by atoms with E-state index in [9.17, 15) is 9.59 Å². The fraction of sp³-hybridized carbons (Fsp3) is 0.320. The molecular weight excluding hydrogens is 420 g/mol. The highest BCUT2D eigenvalue weighted by atomic mass is 32.1. The average Bonchev–Trinajstić information content (AvgIpc) is 3.40. The SMILES string of the molecule is CNC(=O)c1sc2ccccc2c1C[C@@H]1CCCCN1C(=O)c1cn2ccc(C)cc2n1. The summed E-state index contributed by atoms with van der Waals surface area (Å²) in [6.07, 6.45) is 7.42. The van der Waals surface area contributed by atoms with E-state index < -0.39 is 0 Å². The summed E-state index contributed by atoms with van der Waals surface area (Å²) in [5.74, 6) is -0.0947. The van der Waals surface area contributed by atoms with Crippen LogP contribution in [-0.2, 0) is 6.42 Å². The van der Waals surface area contributed by atoms with E-state index in [-0.39, 0.29) is 17.9 Å². The molecule has 5 rings (SSSR count). The predicted octanol–water partition coefficient (Wildman–Crippen LogP) is 4.45. The molecule has 1 aliphatic heterocycles. The highest BCUT2D eigenvalue weighted by Gasteiger charge is 2.31. The smallest absolute Gasteiger partial charge is 0.274 e. The Labute approximate surface area is 190 Å². The number of imidazole rings is 1. The van der Waals surface area contributed by atoms with Gasteiger partial charge in [0.1, 0.15) is 11.3 Å². The molecule has 0 spiro atoms. The average molecular weight is 447 g/mol. The number of nitrogens with one attached hydrogen (secondary N) is 1. The lowest BCUT2D eigenvalue weighted by atomic mass is 9.93. The van der Waals surface area contributed by atoms with Crippen LogP contribution in [0.25, 0.3) is 15.7 Å². The van der Waals surface area contributed by atoms with Gasteiger partial charge in [0, 0.05) is 36.7 Å². The van der Waals surface area contributed by atoms with Crippen LogP contribution >= 0.6 is 11.3 Å². The number of rotatable bonds is 4. The Hall–Kier alpha value is -3.19. The third-order valence-corrected chi connectivity index (χ3v) is 7.51. The Balaban J connectivity index is 1.49. The number of carbonyl (C=O) groups is 2. The second kappa shape index (κ2) is 8.39. The first-order valence-corrected chi connectivity index (χ1v) is 11.9. The molecule has 1 aliphatic rings. The summed E-state index contributed by atoms with van der Waals surface area (Å²) in [6, 6.07) is 12.2. The zero-order valence-electron chi connectivity index (χ0n) is 18.3. The molecule has 0 radical (unpaired) electrons. The normalized spacial score (nSPS) is 16.6. The van der Waals surface area contributed by atoms with Crippen LogP contribution in [0.5, 0.6) is 0 Å². The van der Waals surface area contributed by atoms with E-state index >= 15 is 0 Å². The van der Waals surface area contributed by atoms with Crippen molar-refractivity contribution in [1.29, 1.82) is 0 Å². The minimum Gasteiger partial charge on any atom is -0.354 e. The maximum absolute atomic E-state index is 13.5. The van der Waals surface area contributed by atoms with Crippen LogP contribution in [0.3, 0.4) is 0 Å². The Morgan fingerprint density at radius 3 is 2.91 bits per heavy atom. The van der Waals surface area contributed by atoms with Gasteiger partial charge in [-0.2, -0.15) is 0 Å². The summed E-state index contributed by atoms with van der Waals surface area (Å²) < 4.78 is 3.00. The summed E-state index contributed by atoms with van der Waals surface area (Å²) in [7, 11) is 1.66. The maximum Gasteiger partial charge on any atom is 0.274 e. The van der Waals surface area contributed by atoms with Crippen molar-refractivity contribution in [2.45, 2.75) is 38.6 Å². The number of piperidine rings is 1. The molecule has 0 unspecified atom stereocenters. The largest absolute Gasteiger partial charge is 0.354 e. The van der Waals surface area contributed by atoms with E-state index in [0.29, 0.717) is 18.7 Å². The summed E-state index contributed by atoms with van der Waals surface area (Å²) in [5.41, 5.74) is 3.42. The van der Waals surface area contributed by atoms with Crippen molar-refractivity contribution in [2.75, 3.05) is 13.6 Å². The number of nitrogens with zero attached hydrogens (tertiary/aromatic N) is 3. The maximum atomic E-state index is 13.5. The van der Waals surface area contributed by atoms with Gasteiger partial charge in [0.15, 0.2) is 0 Å². The van der Waals surface area contributed by atoms with Crippen molar-refractivity contribution in [2.24, 2.45) is 0 Å². The zero-order valence-corrected chi connectivity index (χ0v) is 19.1. The molecule has 4 heterocycles. The van der Waals surface area contributed by atoms with Gasteiger partial charge >= 0.3 is 0 Å². The molecule has 1 N–H and O–H groups in total. The quantitative estimate of drug-likeness (QED) is 0.504. The number of aryl methyl sites for hydroxylation is 1. The number of carbonyl (C=O) groups excluding carboxylic acids is 2. The number of pyridine rings is 1. The van der Waals surface area contributed by atoms with Crippen molar-refractivity contribution in [3.05, 3.63) is 70.5 Å². The molecule has 6 nitrogen and oxygen atoms in total. The summed E-state index contributed by atoms with van der Waals surface area (Å²) >= 11 is 1.52. The molecule has 164 valence electrons. The topological polar surface area (TPSA) is 66.7 Å². The number of likely N-dealkylation sites (tertiary alicyclic amines) is 1. The Morgan fingerprint density at radius 2 is 2.06 bits per heavy atom.